The summed E-state index contributed by atoms with van der Waals surface area (Å²) in [5.74, 6) is 0.976. The number of nitrogens with zero attached hydrogens (tertiary/aromatic N) is 3. The van der Waals surface area contributed by atoms with E-state index in [4.69, 9.17) is 15.2 Å². The number of nitrogen functional groups attached to an aromatic ring is 1. The first-order chi connectivity index (χ1) is 10.1. The number of hydrogen-bond acceptors (Lipinski definition) is 7. The molecule has 0 spiro atoms. The quantitative estimate of drug-likeness (QED) is 0.802. The van der Waals surface area contributed by atoms with E-state index in [9.17, 15) is 5.11 Å². The lowest BCUT2D eigenvalue weighted by atomic mass is 9.94. The second-order valence-electron chi connectivity index (χ2n) is 5.46. The van der Waals surface area contributed by atoms with Crippen LogP contribution in [0.25, 0.3) is 0 Å². The van der Waals surface area contributed by atoms with Gasteiger partial charge in [-0.25, -0.2) is 4.98 Å². The lowest BCUT2D eigenvalue weighted by molar-refractivity contribution is -0.0573. The lowest BCUT2D eigenvalue weighted by Gasteiger charge is -2.36. The minimum atomic E-state index is -0.769. The van der Waals surface area contributed by atoms with Crippen LogP contribution in [0.5, 0.6) is 5.88 Å². The van der Waals surface area contributed by atoms with Crippen LogP contribution in [0, 0.1) is 0 Å². The molecule has 1 saturated heterocycles. The van der Waals surface area contributed by atoms with E-state index in [-0.39, 0.29) is 0 Å². The van der Waals surface area contributed by atoms with Crippen LogP contribution in [-0.4, -0.2) is 54.1 Å². The van der Waals surface area contributed by atoms with Crippen molar-refractivity contribution < 1.29 is 14.6 Å². The molecule has 0 atom stereocenters. The number of ether oxygens (including phenoxy) is 2. The fourth-order valence-electron chi connectivity index (χ4n) is 2.41. The van der Waals surface area contributed by atoms with E-state index in [1.165, 1.54) is 6.33 Å². The minimum Gasteiger partial charge on any atom is -0.476 e. The molecule has 0 saturated carbocycles. The van der Waals surface area contributed by atoms with Crippen LogP contribution >= 0.6 is 0 Å². The summed E-state index contributed by atoms with van der Waals surface area (Å²) in [6, 6.07) is 0. The Balaban J connectivity index is 2.09. The third kappa shape index (κ3) is 3.95. The summed E-state index contributed by atoms with van der Waals surface area (Å²) in [5, 5.41) is 10.6. The molecule has 1 aliphatic rings. The lowest BCUT2D eigenvalue weighted by Crippen LogP contribution is -2.46. The molecule has 2 rings (SSSR count). The third-order valence-electron chi connectivity index (χ3n) is 3.59. The molecule has 1 aromatic heterocycles. The molecule has 0 bridgehead atoms. The highest BCUT2D eigenvalue weighted by Crippen LogP contribution is 2.30. The van der Waals surface area contributed by atoms with Crippen molar-refractivity contribution in [1.29, 1.82) is 0 Å². The van der Waals surface area contributed by atoms with E-state index in [1.807, 2.05) is 18.9 Å². The highest BCUT2D eigenvalue weighted by molar-refractivity contribution is 5.67. The van der Waals surface area contributed by atoms with Gasteiger partial charge in [0, 0.05) is 39.6 Å². The molecule has 1 fully saturated rings. The Hall–Kier alpha value is -1.60. The van der Waals surface area contributed by atoms with Gasteiger partial charge in [0.2, 0.25) is 5.88 Å². The van der Waals surface area contributed by atoms with Crippen molar-refractivity contribution >= 4 is 11.5 Å². The summed E-state index contributed by atoms with van der Waals surface area (Å²) in [7, 11) is 1.86. The molecule has 21 heavy (non-hydrogen) atoms. The number of aromatic nitrogens is 2. The summed E-state index contributed by atoms with van der Waals surface area (Å²) < 4.78 is 10.8. The first kappa shape index (κ1) is 15.8. The van der Waals surface area contributed by atoms with Crippen LogP contribution in [-0.2, 0) is 4.74 Å². The van der Waals surface area contributed by atoms with E-state index in [0.29, 0.717) is 56.6 Å². The standard InChI is InChI=1S/C14H24N4O3/c1-3-6-21-13-11(15)12(16-10-17-13)18(2)9-14(19)4-7-20-8-5-14/h10,19H,3-9,15H2,1-2H3. The van der Waals surface area contributed by atoms with Crippen molar-refractivity contribution in [3.05, 3.63) is 6.33 Å². The summed E-state index contributed by atoms with van der Waals surface area (Å²) in [4.78, 5) is 10.1. The maximum Gasteiger partial charge on any atom is 0.242 e. The number of aliphatic hydroxyl groups is 1. The maximum atomic E-state index is 10.6. The van der Waals surface area contributed by atoms with Gasteiger partial charge in [-0.15, -0.1) is 0 Å². The number of rotatable bonds is 6. The Kier molecular flexibility index (Phi) is 5.19. The average molecular weight is 296 g/mol. The zero-order valence-electron chi connectivity index (χ0n) is 12.7. The van der Waals surface area contributed by atoms with Crippen molar-refractivity contribution in [2.75, 3.05) is 44.0 Å². The van der Waals surface area contributed by atoms with Crippen LogP contribution in [0.4, 0.5) is 11.5 Å². The molecule has 7 heteroatoms. The number of hydrogen-bond donors (Lipinski definition) is 2. The van der Waals surface area contributed by atoms with E-state index >= 15 is 0 Å². The van der Waals surface area contributed by atoms with Crippen molar-refractivity contribution in [3.63, 3.8) is 0 Å². The van der Waals surface area contributed by atoms with Gasteiger partial charge >= 0.3 is 0 Å². The first-order valence-electron chi connectivity index (χ1n) is 7.30. The van der Waals surface area contributed by atoms with E-state index in [0.717, 1.165) is 6.42 Å². The molecule has 0 aromatic carbocycles. The molecule has 2 heterocycles. The molecular weight excluding hydrogens is 272 g/mol. The number of likely N-dealkylation sites (N-methyl/N-ethyl adjacent to an activating group) is 1. The van der Waals surface area contributed by atoms with E-state index < -0.39 is 5.60 Å². The predicted octanol–water partition coefficient (Wildman–Crippen LogP) is 0.825. The second-order valence-corrected chi connectivity index (χ2v) is 5.46. The maximum absolute atomic E-state index is 10.6. The van der Waals surface area contributed by atoms with Crippen LogP contribution in [0.1, 0.15) is 26.2 Å². The molecule has 1 aromatic rings. The topological polar surface area (TPSA) is 93.7 Å². The molecule has 1 aliphatic heterocycles. The zero-order valence-corrected chi connectivity index (χ0v) is 12.7. The van der Waals surface area contributed by atoms with Crippen LogP contribution < -0.4 is 15.4 Å². The van der Waals surface area contributed by atoms with E-state index in [1.54, 1.807) is 0 Å². The molecule has 0 unspecified atom stereocenters. The van der Waals surface area contributed by atoms with Crippen molar-refractivity contribution in [3.8, 4) is 5.88 Å². The molecule has 7 nitrogen and oxygen atoms in total. The van der Waals surface area contributed by atoms with Gasteiger partial charge < -0.3 is 25.2 Å². The highest BCUT2D eigenvalue weighted by atomic mass is 16.5. The molecule has 3 N–H and O–H groups in total. The normalized spacial score (nSPS) is 17.5. The second kappa shape index (κ2) is 6.91. The number of nitrogens with two attached hydrogens (primary N) is 1. The predicted molar refractivity (Wildman–Crippen MR) is 80.5 cm³/mol. The fourth-order valence-corrected chi connectivity index (χ4v) is 2.41. The minimum absolute atomic E-state index is 0.396. The molecule has 0 amide bonds. The Morgan fingerprint density at radius 3 is 2.81 bits per heavy atom. The Bertz CT molecular complexity index is 464. The van der Waals surface area contributed by atoms with Crippen molar-refractivity contribution in [2.45, 2.75) is 31.8 Å². The van der Waals surface area contributed by atoms with Gasteiger partial charge in [-0.3, -0.25) is 0 Å². The summed E-state index contributed by atoms with van der Waals surface area (Å²) >= 11 is 0. The monoisotopic (exact) mass is 296 g/mol. The van der Waals surface area contributed by atoms with Gasteiger partial charge in [0.25, 0.3) is 0 Å². The summed E-state index contributed by atoms with van der Waals surface area (Å²) in [5.41, 5.74) is 5.71. The molecule has 0 radical (unpaired) electrons. The first-order valence-corrected chi connectivity index (χ1v) is 7.30. The summed E-state index contributed by atoms with van der Waals surface area (Å²) in [6.07, 6.45) is 3.54. The van der Waals surface area contributed by atoms with Gasteiger partial charge in [-0.05, 0) is 6.42 Å². The Labute approximate surface area is 125 Å². The number of anilines is 2. The Morgan fingerprint density at radius 1 is 1.43 bits per heavy atom. The van der Waals surface area contributed by atoms with Gasteiger partial charge in [-0.2, -0.15) is 4.98 Å². The van der Waals surface area contributed by atoms with Gasteiger partial charge in [0.05, 0.1) is 12.2 Å². The van der Waals surface area contributed by atoms with Gasteiger partial charge in [-0.1, -0.05) is 6.92 Å². The molecule has 118 valence electrons. The SMILES string of the molecule is CCCOc1ncnc(N(C)CC2(O)CCOCC2)c1N. The van der Waals surface area contributed by atoms with Crippen LogP contribution in [0.2, 0.25) is 0 Å². The fraction of sp³-hybridized carbons (Fsp3) is 0.714. The third-order valence-corrected chi connectivity index (χ3v) is 3.59. The van der Waals surface area contributed by atoms with Crippen molar-refractivity contribution in [2.24, 2.45) is 0 Å². The van der Waals surface area contributed by atoms with Gasteiger partial charge in [0.1, 0.15) is 12.0 Å². The van der Waals surface area contributed by atoms with Crippen LogP contribution in [0.3, 0.4) is 0 Å². The van der Waals surface area contributed by atoms with Crippen molar-refractivity contribution in [1.82, 2.24) is 9.97 Å². The average Bonchev–Trinajstić information content (AvgIpc) is 2.46. The van der Waals surface area contributed by atoms with Crippen LogP contribution in [0.15, 0.2) is 6.33 Å². The summed E-state index contributed by atoms with van der Waals surface area (Å²) in [6.45, 7) is 4.18. The Morgan fingerprint density at radius 2 is 2.14 bits per heavy atom. The van der Waals surface area contributed by atoms with Gasteiger partial charge in [0.15, 0.2) is 5.82 Å². The molecular formula is C14H24N4O3. The largest absolute Gasteiger partial charge is 0.476 e. The van der Waals surface area contributed by atoms with E-state index in [2.05, 4.69) is 9.97 Å². The molecule has 0 aliphatic carbocycles. The zero-order chi connectivity index (χ0) is 15.3. The smallest absolute Gasteiger partial charge is 0.242 e. The highest BCUT2D eigenvalue weighted by Gasteiger charge is 2.32.